The maximum atomic E-state index is 11.7. The summed E-state index contributed by atoms with van der Waals surface area (Å²) in [6.45, 7) is 4.20. The first-order valence-electron chi connectivity index (χ1n) is 7.06. The molecule has 0 aliphatic rings. The summed E-state index contributed by atoms with van der Waals surface area (Å²) in [5, 5.41) is 2.74. The minimum Gasteiger partial charge on any atom is -0.497 e. The highest BCUT2D eigenvalue weighted by molar-refractivity contribution is 5.94. The summed E-state index contributed by atoms with van der Waals surface area (Å²) in [6, 6.07) is 5.12. The van der Waals surface area contributed by atoms with Crippen LogP contribution in [0.15, 0.2) is 18.2 Å². The number of hydrogen-bond donors (Lipinski definition) is 2. The van der Waals surface area contributed by atoms with Crippen molar-refractivity contribution in [1.82, 2.24) is 0 Å². The Morgan fingerprint density at radius 1 is 1.19 bits per heavy atom. The van der Waals surface area contributed by atoms with Crippen molar-refractivity contribution in [2.45, 2.75) is 19.8 Å². The van der Waals surface area contributed by atoms with E-state index in [1.54, 1.807) is 25.3 Å². The van der Waals surface area contributed by atoms with Crippen LogP contribution in [0.3, 0.4) is 0 Å². The van der Waals surface area contributed by atoms with Crippen molar-refractivity contribution in [2.24, 2.45) is 0 Å². The van der Waals surface area contributed by atoms with E-state index in [1.165, 1.54) is 0 Å². The average Bonchev–Trinajstić information content (AvgIpc) is 2.48. The number of nitrogens with two attached hydrogens (primary N) is 1. The number of rotatable bonds is 10. The maximum absolute atomic E-state index is 11.7. The molecule has 0 fully saturated rings. The van der Waals surface area contributed by atoms with Gasteiger partial charge in [0.2, 0.25) is 5.91 Å². The normalized spacial score (nSPS) is 10.4. The van der Waals surface area contributed by atoms with Crippen LogP contribution in [0.25, 0.3) is 0 Å². The van der Waals surface area contributed by atoms with E-state index >= 15 is 0 Å². The predicted octanol–water partition coefficient (Wildman–Crippen LogP) is 2.05. The summed E-state index contributed by atoms with van der Waals surface area (Å²) >= 11 is 0. The number of carbonyl (C=O) groups is 1. The second-order valence-electron chi connectivity index (χ2n) is 4.48. The fraction of sp³-hybridized carbons (Fsp3) is 0.533. The monoisotopic (exact) mass is 296 g/mol. The minimum atomic E-state index is -0.138. The van der Waals surface area contributed by atoms with Gasteiger partial charge in [0.05, 0.1) is 44.7 Å². The standard InChI is InChI=1S/C15H24N2O4/c1-3-7-20-9-10-21-8-6-15(18)17-14-5-4-12(19-2)11-13(14)16/h4-5,11H,3,6-10,16H2,1-2H3,(H,17,18). The van der Waals surface area contributed by atoms with Gasteiger partial charge in [0.1, 0.15) is 5.75 Å². The Morgan fingerprint density at radius 3 is 2.52 bits per heavy atom. The largest absolute Gasteiger partial charge is 0.497 e. The number of nitrogen functional groups attached to an aromatic ring is 1. The van der Waals surface area contributed by atoms with E-state index in [0.29, 0.717) is 36.9 Å². The molecule has 0 radical (unpaired) electrons. The Hall–Kier alpha value is -1.79. The van der Waals surface area contributed by atoms with Gasteiger partial charge in [-0.15, -0.1) is 0 Å². The van der Waals surface area contributed by atoms with Gasteiger partial charge in [-0.05, 0) is 18.6 Å². The van der Waals surface area contributed by atoms with Crippen molar-refractivity contribution in [3.63, 3.8) is 0 Å². The quantitative estimate of drug-likeness (QED) is 0.510. The molecule has 1 aromatic carbocycles. The van der Waals surface area contributed by atoms with Crippen LogP contribution in [0.1, 0.15) is 19.8 Å². The molecule has 0 unspecified atom stereocenters. The summed E-state index contributed by atoms with van der Waals surface area (Å²) in [5.74, 6) is 0.516. The molecule has 1 rings (SSSR count). The number of anilines is 2. The fourth-order valence-electron chi connectivity index (χ4n) is 1.63. The minimum absolute atomic E-state index is 0.138. The van der Waals surface area contributed by atoms with Crippen LogP contribution in [-0.2, 0) is 14.3 Å². The van der Waals surface area contributed by atoms with E-state index in [9.17, 15) is 4.79 Å². The summed E-state index contributed by atoms with van der Waals surface area (Å²) in [6.07, 6.45) is 1.27. The smallest absolute Gasteiger partial charge is 0.226 e. The second kappa shape index (κ2) is 10.0. The van der Waals surface area contributed by atoms with Crippen LogP contribution in [0.2, 0.25) is 0 Å². The molecule has 0 saturated heterocycles. The van der Waals surface area contributed by atoms with E-state index in [2.05, 4.69) is 12.2 Å². The van der Waals surface area contributed by atoms with Gasteiger partial charge >= 0.3 is 0 Å². The topological polar surface area (TPSA) is 82.8 Å². The lowest BCUT2D eigenvalue weighted by Gasteiger charge is -2.10. The zero-order valence-corrected chi connectivity index (χ0v) is 12.7. The maximum Gasteiger partial charge on any atom is 0.226 e. The lowest BCUT2D eigenvalue weighted by Crippen LogP contribution is -2.16. The van der Waals surface area contributed by atoms with E-state index in [0.717, 1.165) is 13.0 Å². The van der Waals surface area contributed by atoms with Gasteiger partial charge < -0.3 is 25.3 Å². The van der Waals surface area contributed by atoms with Crippen LogP contribution in [0, 0.1) is 0 Å². The van der Waals surface area contributed by atoms with E-state index in [-0.39, 0.29) is 12.3 Å². The summed E-state index contributed by atoms with van der Waals surface area (Å²) in [7, 11) is 1.56. The Labute approximate surface area is 125 Å². The van der Waals surface area contributed by atoms with Crippen molar-refractivity contribution in [3.05, 3.63) is 18.2 Å². The molecule has 118 valence electrons. The molecule has 3 N–H and O–H groups in total. The van der Waals surface area contributed by atoms with Gasteiger partial charge in [-0.1, -0.05) is 6.92 Å². The second-order valence-corrected chi connectivity index (χ2v) is 4.48. The molecule has 0 atom stereocenters. The first-order valence-corrected chi connectivity index (χ1v) is 7.06. The number of hydrogen-bond acceptors (Lipinski definition) is 5. The highest BCUT2D eigenvalue weighted by atomic mass is 16.5. The molecular formula is C15H24N2O4. The molecule has 0 bridgehead atoms. The first kappa shape index (κ1) is 17.3. The van der Waals surface area contributed by atoms with Crippen molar-refractivity contribution < 1.29 is 19.0 Å². The summed E-state index contributed by atoms with van der Waals surface area (Å²) in [5.41, 5.74) is 6.87. The molecule has 0 saturated carbocycles. The summed E-state index contributed by atoms with van der Waals surface area (Å²) < 4.78 is 15.6. The van der Waals surface area contributed by atoms with Crippen LogP contribution in [0.5, 0.6) is 5.75 Å². The zero-order valence-electron chi connectivity index (χ0n) is 12.7. The number of amides is 1. The van der Waals surface area contributed by atoms with Crippen LogP contribution < -0.4 is 15.8 Å². The molecule has 0 aliphatic carbocycles. The number of benzene rings is 1. The van der Waals surface area contributed by atoms with Crippen molar-refractivity contribution >= 4 is 17.3 Å². The highest BCUT2D eigenvalue weighted by Crippen LogP contribution is 2.23. The molecule has 0 aliphatic heterocycles. The van der Waals surface area contributed by atoms with Crippen molar-refractivity contribution in [1.29, 1.82) is 0 Å². The number of carbonyl (C=O) groups excluding carboxylic acids is 1. The lowest BCUT2D eigenvalue weighted by atomic mass is 10.2. The third kappa shape index (κ3) is 6.97. The third-order valence-corrected chi connectivity index (χ3v) is 2.73. The lowest BCUT2D eigenvalue weighted by molar-refractivity contribution is -0.117. The number of methoxy groups -OCH3 is 1. The van der Waals surface area contributed by atoms with Crippen LogP contribution in [0.4, 0.5) is 11.4 Å². The Bertz CT molecular complexity index is 438. The van der Waals surface area contributed by atoms with Gasteiger partial charge in [-0.3, -0.25) is 4.79 Å². The van der Waals surface area contributed by atoms with Crippen molar-refractivity contribution in [3.8, 4) is 5.75 Å². The molecule has 6 nitrogen and oxygen atoms in total. The zero-order chi connectivity index (χ0) is 15.5. The molecule has 6 heteroatoms. The number of ether oxygens (including phenoxy) is 3. The van der Waals surface area contributed by atoms with E-state index in [4.69, 9.17) is 19.9 Å². The molecule has 0 aromatic heterocycles. The van der Waals surface area contributed by atoms with Gasteiger partial charge in [-0.25, -0.2) is 0 Å². The number of nitrogens with one attached hydrogen (secondary N) is 1. The molecule has 1 aromatic rings. The van der Waals surface area contributed by atoms with Crippen LogP contribution >= 0.6 is 0 Å². The molecule has 0 heterocycles. The first-order chi connectivity index (χ1) is 10.2. The van der Waals surface area contributed by atoms with E-state index in [1.807, 2.05) is 0 Å². The molecular weight excluding hydrogens is 272 g/mol. The fourth-order valence-corrected chi connectivity index (χ4v) is 1.63. The molecule has 0 spiro atoms. The van der Waals surface area contributed by atoms with Gasteiger partial charge in [0.25, 0.3) is 0 Å². The molecule has 21 heavy (non-hydrogen) atoms. The molecule has 1 amide bonds. The predicted molar refractivity (Wildman–Crippen MR) is 82.6 cm³/mol. The average molecular weight is 296 g/mol. The Balaban J connectivity index is 2.21. The van der Waals surface area contributed by atoms with Crippen LogP contribution in [-0.4, -0.2) is 39.4 Å². The summed E-state index contributed by atoms with van der Waals surface area (Å²) in [4.78, 5) is 11.7. The van der Waals surface area contributed by atoms with Crippen molar-refractivity contribution in [2.75, 3.05) is 44.6 Å². The van der Waals surface area contributed by atoms with Gasteiger partial charge in [-0.2, -0.15) is 0 Å². The SMILES string of the molecule is CCCOCCOCCC(=O)Nc1ccc(OC)cc1N. The highest BCUT2D eigenvalue weighted by Gasteiger charge is 2.06. The Morgan fingerprint density at radius 2 is 1.90 bits per heavy atom. The van der Waals surface area contributed by atoms with Gasteiger partial charge in [0, 0.05) is 12.7 Å². The van der Waals surface area contributed by atoms with Gasteiger partial charge in [0.15, 0.2) is 0 Å². The third-order valence-electron chi connectivity index (χ3n) is 2.73. The van der Waals surface area contributed by atoms with E-state index < -0.39 is 0 Å². The Kier molecular flexibility index (Phi) is 8.23.